The van der Waals surface area contributed by atoms with Gasteiger partial charge in [-0.3, -0.25) is 0 Å². The monoisotopic (exact) mass is 254 g/mol. The van der Waals surface area contributed by atoms with Gasteiger partial charge in [0, 0.05) is 13.1 Å². The molecule has 1 aliphatic carbocycles. The number of piperidine rings is 1. The minimum absolute atomic E-state index is 0.434. The lowest BCUT2D eigenvalue weighted by molar-refractivity contribution is 0.198. The Hall–Kier alpha value is -0.700. The molecule has 2 fully saturated rings. The molecule has 1 aromatic heterocycles. The Bertz CT molecular complexity index is 379. The second-order valence-electron chi connectivity index (χ2n) is 5.29. The molecule has 1 saturated carbocycles. The highest BCUT2D eigenvalue weighted by molar-refractivity contribution is 6.16. The van der Waals surface area contributed by atoms with Crippen molar-refractivity contribution >= 4 is 17.6 Å². The Morgan fingerprint density at radius 2 is 2.12 bits per heavy atom. The van der Waals surface area contributed by atoms with E-state index in [9.17, 15) is 0 Å². The Kier molecular flexibility index (Phi) is 3.28. The average molecular weight is 255 g/mol. The van der Waals surface area contributed by atoms with Gasteiger partial charge in [-0.2, -0.15) is 4.98 Å². The van der Waals surface area contributed by atoms with E-state index < -0.39 is 0 Å². The molecule has 2 atom stereocenters. The lowest BCUT2D eigenvalue weighted by Crippen LogP contribution is -2.42. The number of oxazole rings is 1. The van der Waals surface area contributed by atoms with Crippen LogP contribution in [0.5, 0.6) is 0 Å². The molecule has 2 heterocycles. The van der Waals surface area contributed by atoms with Crippen LogP contribution in [-0.2, 0) is 5.88 Å². The highest BCUT2D eigenvalue weighted by atomic mass is 35.5. The Labute approximate surface area is 107 Å². The van der Waals surface area contributed by atoms with E-state index in [0.717, 1.165) is 36.6 Å². The number of hydrogen-bond donors (Lipinski definition) is 0. The molecule has 3 nitrogen and oxygen atoms in total. The Morgan fingerprint density at radius 1 is 1.29 bits per heavy atom. The molecule has 0 radical (unpaired) electrons. The lowest BCUT2D eigenvalue weighted by atomic mass is 9.75. The largest absolute Gasteiger partial charge is 0.432 e. The van der Waals surface area contributed by atoms with E-state index in [-0.39, 0.29) is 0 Å². The molecule has 0 aromatic carbocycles. The number of alkyl halides is 1. The van der Waals surface area contributed by atoms with Crippen LogP contribution in [0.1, 0.15) is 37.8 Å². The number of halogens is 1. The molecule has 0 N–H and O–H groups in total. The smallest absolute Gasteiger partial charge is 0.297 e. The van der Waals surface area contributed by atoms with Crippen molar-refractivity contribution in [3.05, 3.63) is 12.0 Å². The van der Waals surface area contributed by atoms with Crippen LogP contribution in [0.2, 0.25) is 0 Å². The van der Waals surface area contributed by atoms with Crippen LogP contribution < -0.4 is 4.90 Å². The fourth-order valence-corrected chi connectivity index (χ4v) is 3.40. The normalized spacial score (nSPS) is 29.1. The van der Waals surface area contributed by atoms with E-state index in [1.54, 1.807) is 6.26 Å². The third kappa shape index (κ3) is 2.30. The number of aromatic nitrogens is 1. The lowest BCUT2D eigenvalue weighted by Gasteiger charge is -2.40. The number of rotatable bonds is 2. The van der Waals surface area contributed by atoms with E-state index >= 15 is 0 Å². The number of nitrogens with zero attached hydrogens (tertiary/aromatic N) is 2. The van der Waals surface area contributed by atoms with Crippen LogP contribution in [0.25, 0.3) is 0 Å². The number of fused-ring (bicyclic) bond motifs is 1. The van der Waals surface area contributed by atoms with Gasteiger partial charge < -0.3 is 9.32 Å². The van der Waals surface area contributed by atoms with E-state index in [2.05, 4.69) is 9.88 Å². The molecular weight excluding hydrogens is 236 g/mol. The van der Waals surface area contributed by atoms with Crippen LogP contribution in [0, 0.1) is 11.8 Å². The van der Waals surface area contributed by atoms with Gasteiger partial charge in [0.15, 0.2) is 0 Å². The molecule has 3 rings (SSSR count). The van der Waals surface area contributed by atoms with E-state index in [4.69, 9.17) is 16.0 Å². The van der Waals surface area contributed by atoms with Crippen molar-refractivity contribution in [2.24, 2.45) is 11.8 Å². The molecule has 1 aliphatic heterocycles. The first-order valence-electron chi connectivity index (χ1n) is 6.62. The second-order valence-corrected chi connectivity index (χ2v) is 5.56. The summed E-state index contributed by atoms with van der Waals surface area (Å²) in [5, 5.41) is 0. The van der Waals surface area contributed by atoms with Crippen LogP contribution >= 0.6 is 11.6 Å². The fraction of sp³-hybridized carbons (Fsp3) is 0.769. The average Bonchev–Trinajstić information content (AvgIpc) is 2.87. The molecule has 0 spiro atoms. The van der Waals surface area contributed by atoms with Crippen LogP contribution in [-0.4, -0.2) is 18.1 Å². The first-order valence-corrected chi connectivity index (χ1v) is 7.15. The predicted molar refractivity (Wildman–Crippen MR) is 68.3 cm³/mol. The van der Waals surface area contributed by atoms with Crippen LogP contribution in [0.4, 0.5) is 6.01 Å². The van der Waals surface area contributed by atoms with Crippen molar-refractivity contribution < 1.29 is 4.42 Å². The van der Waals surface area contributed by atoms with Crippen molar-refractivity contribution in [2.75, 3.05) is 18.0 Å². The van der Waals surface area contributed by atoms with Gasteiger partial charge in [0.2, 0.25) is 0 Å². The van der Waals surface area contributed by atoms with Gasteiger partial charge in [-0.15, -0.1) is 11.6 Å². The predicted octanol–water partition coefficient (Wildman–Crippen LogP) is 3.43. The summed E-state index contributed by atoms with van der Waals surface area (Å²) in [5.41, 5.74) is 0.840. The van der Waals surface area contributed by atoms with Crippen LogP contribution in [0.3, 0.4) is 0 Å². The van der Waals surface area contributed by atoms with Gasteiger partial charge in [0.25, 0.3) is 6.01 Å². The molecule has 0 bridgehead atoms. The zero-order valence-corrected chi connectivity index (χ0v) is 10.8. The van der Waals surface area contributed by atoms with E-state index in [1.807, 2.05) is 0 Å². The molecule has 2 unspecified atom stereocenters. The van der Waals surface area contributed by atoms with E-state index in [0.29, 0.717) is 5.88 Å². The standard InChI is InChI=1S/C13H19ClN2O/c14-7-12-9-17-13(15-12)16-6-5-10-3-1-2-4-11(10)8-16/h9-11H,1-8H2. The van der Waals surface area contributed by atoms with Crippen LogP contribution in [0.15, 0.2) is 10.7 Å². The second kappa shape index (κ2) is 4.89. The molecule has 0 amide bonds. The molecule has 94 valence electrons. The summed E-state index contributed by atoms with van der Waals surface area (Å²) in [7, 11) is 0. The summed E-state index contributed by atoms with van der Waals surface area (Å²) >= 11 is 5.75. The number of hydrogen-bond acceptors (Lipinski definition) is 3. The van der Waals surface area contributed by atoms with Gasteiger partial charge >= 0.3 is 0 Å². The first kappa shape index (κ1) is 11.4. The highest BCUT2D eigenvalue weighted by Crippen LogP contribution is 2.37. The zero-order valence-electron chi connectivity index (χ0n) is 10.1. The number of anilines is 1. The summed E-state index contributed by atoms with van der Waals surface area (Å²) < 4.78 is 5.51. The van der Waals surface area contributed by atoms with Crippen molar-refractivity contribution in [3.63, 3.8) is 0 Å². The molecule has 2 aliphatic rings. The van der Waals surface area contributed by atoms with Gasteiger partial charge in [-0.25, -0.2) is 0 Å². The minimum Gasteiger partial charge on any atom is -0.432 e. The van der Waals surface area contributed by atoms with E-state index in [1.165, 1.54) is 32.1 Å². The SMILES string of the molecule is ClCc1coc(N2CCC3CCCCC3C2)n1. The third-order valence-electron chi connectivity index (χ3n) is 4.24. The molecule has 1 saturated heterocycles. The summed E-state index contributed by atoms with van der Waals surface area (Å²) in [5.74, 6) is 2.23. The van der Waals surface area contributed by atoms with Gasteiger partial charge in [-0.05, 0) is 24.7 Å². The van der Waals surface area contributed by atoms with Crippen molar-refractivity contribution in [3.8, 4) is 0 Å². The molecule has 17 heavy (non-hydrogen) atoms. The van der Waals surface area contributed by atoms with Crippen molar-refractivity contribution in [2.45, 2.75) is 38.0 Å². The topological polar surface area (TPSA) is 29.3 Å². The quantitative estimate of drug-likeness (QED) is 0.758. The van der Waals surface area contributed by atoms with Crippen molar-refractivity contribution in [1.29, 1.82) is 0 Å². The summed E-state index contributed by atoms with van der Waals surface area (Å²) in [4.78, 5) is 6.71. The maximum Gasteiger partial charge on any atom is 0.297 e. The molecule has 4 heteroatoms. The highest BCUT2D eigenvalue weighted by Gasteiger charge is 2.32. The summed E-state index contributed by atoms with van der Waals surface area (Å²) in [6.45, 7) is 2.20. The van der Waals surface area contributed by atoms with Crippen molar-refractivity contribution in [1.82, 2.24) is 4.98 Å². The summed E-state index contributed by atoms with van der Waals surface area (Å²) in [6, 6.07) is 0.768. The molecular formula is C13H19ClN2O. The molecule has 1 aromatic rings. The zero-order chi connectivity index (χ0) is 11.7. The van der Waals surface area contributed by atoms with Gasteiger partial charge in [-0.1, -0.05) is 19.3 Å². The van der Waals surface area contributed by atoms with Gasteiger partial charge in [0.1, 0.15) is 6.26 Å². The third-order valence-corrected chi connectivity index (χ3v) is 4.51. The first-order chi connectivity index (χ1) is 8.36. The maximum atomic E-state index is 5.75. The maximum absolute atomic E-state index is 5.75. The Morgan fingerprint density at radius 3 is 2.88 bits per heavy atom. The van der Waals surface area contributed by atoms with Gasteiger partial charge in [0.05, 0.1) is 11.6 Å². The minimum atomic E-state index is 0.434. The Balaban J connectivity index is 1.68. The fourth-order valence-electron chi connectivity index (χ4n) is 3.28. The summed E-state index contributed by atoms with van der Waals surface area (Å²) in [6.07, 6.45) is 8.60.